The zero-order chi connectivity index (χ0) is 11.7. The zero-order valence-corrected chi connectivity index (χ0v) is 10.5. The first-order valence-electron chi connectivity index (χ1n) is 5.42. The van der Waals surface area contributed by atoms with E-state index in [1.165, 1.54) is 11.3 Å². The molecular formula is C13H15ClN2. The number of nitrogens with zero attached hydrogens (tertiary/aromatic N) is 2. The Morgan fingerprint density at radius 2 is 1.88 bits per heavy atom. The highest BCUT2D eigenvalue weighted by Gasteiger charge is 2.11. The molecule has 0 saturated heterocycles. The Kier molecular flexibility index (Phi) is 3.01. The standard InChI is InChI=1S/C13H15ClN2/c1-4-12-9(2)13(15-16(12)3)10-5-7-11(14)8-6-10/h5-8H,4H2,1-3H3. The molecule has 1 aromatic heterocycles. The van der Waals surface area contributed by atoms with Crippen molar-refractivity contribution in [3.8, 4) is 11.3 Å². The van der Waals surface area contributed by atoms with Crippen LogP contribution in [0.5, 0.6) is 0 Å². The molecule has 1 aromatic carbocycles. The number of benzene rings is 1. The van der Waals surface area contributed by atoms with Gasteiger partial charge in [0.25, 0.3) is 0 Å². The lowest BCUT2D eigenvalue weighted by Crippen LogP contribution is -1.96. The highest BCUT2D eigenvalue weighted by molar-refractivity contribution is 6.30. The van der Waals surface area contributed by atoms with Crippen LogP contribution in [0.15, 0.2) is 24.3 Å². The molecule has 0 aliphatic rings. The van der Waals surface area contributed by atoms with Gasteiger partial charge in [0, 0.05) is 23.3 Å². The van der Waals surface area contributed by atoms with Crippen LogP contribution in [-0.4, -0.2) is 9.78 Å². The summed E-state index contributed by atoms with van der Waals surface area (Å²) in [6.07, 6.45) is 1.00. The van der Waals surface area contributed by atoms with Crippen LogP contribution in [0.25, 0.3) is 11.3 Å². The van der Waals surface area contributed by atoms with E-state index < -0.39 is 0 Å². The second-order valence-electron chi connectivity index (χ2n) is 3.90. The van der Waals surface area contributed by atoms with Crippen LogP contribution >= 0.6 is 11.6 Å². The van der Waals surface area contributed by atoms with E-state index in [2.05, 4.69) is 18.9 Å². The van der Waals surface area contributed by atoms with E-state index in [0.29, 0.717) is 0 Å². The number of halogens is 1. The zero-order valence-electron chi connectivity index (χ0n) is 9.79. The molecular weight excluding hydrogens is 220 g/mol. The summed E-state index contributed by atoms with van der Waals surface area (Å²) in [5.41, 5.74) is 4.71. The van der Waals surface area contributed by atoms with Gasteiger partial charge in [0.15, 0.2) is 0 Å². The number of aryl methyl sites for hydroxylation is 1. The normalized spacial score (nSPS) is 10.8. The van der Waals surface area contributed by atoms with E-state index in [-0.39, 0.29) is 0 Å². The minimum atomic E-state index is 0.757. The first-order valence-corrected chi connectivity index (χ1v) is 5.79. The van der Waals surface area contributed by atoms with Gasteiger partial charge < -0.3 is 0 Å². The number of hydrogen-bond acceptors (Lipinski definition) is 1. The van der Waals surface area contributed by atoms with Gasteiger partial charge in [0.2, 0.25) is 0 Å². The van der Waals surface area contributed by atoms with Gasteiger partial charge in [-0.3, -0.25) is 4.68 Å². The van der Waals surface area contributed by atoms with Gasteiger partial charge in [0.1, 0.15) is 0 Å². The van der Waals surface area contributed by atoms with Crippen LogP contribution in [0, 0.1) is 6.92 Å². The molecule has 3 heteroatoms. The maximum Gasteiger partial charge on any atom is 0.0955 e. The summed E-state index contributed by atoms with van der Waals surface area (Å²) in [6.45, 7) is 4.27. The molecule has 1 heterocycles. The lowest BCUT2D eigenvalue weighted by molar-refractivity contribution is 0.718. The monoisotopic (exact) mass is 234 g/mol. The van der Waals surface area contributed by atoms with Gasteiger partial charge in [-0.1, -0.05) is 30.7 Å². The molecule has 84 valence electrons. The van der Waals surface area contributed by atoms with E-state index in [4.69, 9.17) is 11.6 Å². The third-order valence-corrected chi connectivity index (χ3v) is 3.13. The summed E-state index contributed by atoms with van der Waals surface area (Å²) in [4.78, 5) is 0. The Hall–Kier alpha value is -1.28. The van der Waals surface area contributed by atoms with Crippen LogP contribution in [0.3, 0.4) is 0 Å². The number of hydrogen-bond donors (Lipinski definition) is 0. The lowest BCUT2D eigenvalue weighted by Gasteiger charge is -1.99. The summed E-state index contributed by atoms with van der Waals surface area (Å²) in [5.74, 6) is 0. The first kappa shape index (κ1) is 11.2. The van der Waals surface area contributed by atoms with Crippen LogP contribution in [0.1, 0.15) is 18.2 Å². The molecule has 0 unspecified atom stereocenters. The molecule has 2 aromatic rings. The molecule has 0 radical (unpaired) electrons. The Labute approximate surface area is 101 Å². The van der Waals surface area contributed by atoms with Crippen LogP contribution < -0.4 is 0 Å². The maximum atomic E-state index is 5.88. The minimum Gasteiger partial charge on any atom is -0.272 e. The molecule has 16 heavy (non-hydrogen) atoms. The Bertz CT molecular complexity index is 497. The van der Waals surface area contributed by atoms with Gasteiger partial charge in [-0.05, 0) is 31.0 Å². The summed E-state index contributed by atoms with van der Waals surface area (Å²) < 4.78 is 1.96. The largest absolute Gasteiger partial charge is 0.272 e. The van der Waals surface area contributed by atoms with Crippen molar-refractivity contribution < 1.29 is 0 Å². The summed E-state index contributed by atoms with van der Waals surface area (Å²) in [6, 6.07) is 7.82. The van der Waals surface area contributed by atoms with E-state index in [0.717, 1.165) is 22.7 Å². The van der Waals surface area contributed by atoms with E-state index in [9.17, 15) is 0 Å². The molecule has 0 aliphatic carbocycles. The Morgan fingerprint density at radius 1 is 1.25 bits per heavy atom. The fraction of sp³-hybridized carbons (Fsp3) is 0.308. The summed E-state index contributed by atoms with van der Waals surface area (Å²) in [5, 5.41) is 5.31. The fourth-order valence-electron chi connectivity index (χ4n) is 2.04. The SMILES string of the molecule is CCc1c(C)c(-c2ccc(Cl)cc2)nn1C. The van der Waals surface area contributed by atoms with E-state index in [1.807, 2.05) is 36.0 Å². The number of aromatic nitrogens is 2. The van der Waals surface area contributed by atoms with Crippen molar-refractivity contribution in [2.24, 2.45) is 7.05 Å². The quantitative estimate of drug-likeness (QED) is 0.776. The molecule has 0 bridgehead atoms. The molecule has 0 fully saturated rings. The first-order chi connectivity index (χ1) is 7.63. The average molecular weight is 235 g/mol. The van der Waals surface area contributed by atoms with Crippen molar-refractivity contribution in [3.63, 3.8) is 0 Å². The second kappa shape index (κ2) is 4.30. The van der Waals surface area contributed by atoms with Crippen LogP contribution in [0.4, 0.5) is 0 Å². The second-order valence-corrected chi connectivity index (χ2v) is 4.34. The number of rotatable bonds is 2. The molecule has 0 spiro atoms. The fourth-order valence-corrected chi connectivity index (χ4v) is 2.17. The lowest BCUT2D eigenvalue weighted by atomic mass is 10.1. The molecule has 0 aliphatic heterocycles. The van der Waals surface area contributed by atoms with Crippen molar-refractivity contribution in [2.75, 3.05) is 0 Å². The predicted molar refractivity (Wildman–Crippen MR) is 67.8 cm³/mol. The Morgan fingerprint density at radius 3 is 2.38 bits per heavy atom. The van der Waals surface area contributed by atoms with Gasteiger partial charge in [-0.2, -0.15) is 5.10 Å². The van der Waals surface area contributed by atoms with Gasteiger partial charge >= 0.3 is 0 Å². The van der Waals surface area contributed by atoms with Crippen molar-refractivity contribution in [3.05, 3.63) is 40.5 Å². The van der Waals surface area contributed by atoms with Crippen LogP contribution in [-0.2, 0) is 13.5 Å². The molecule has 0 amide bonds. The highest BCUT2D eigenvalue weighted by atomic mass is 35.5. The van der Waals surface area contributed by atoms with E-state index in [1.54, 1.807) is 0 Å². The van der Waals surface area contributed by atoms with Crippen molar-refractivity contribution in [2.45, 2.75) is 20.3 Å². The van der Waals surface area contributed by atoms with Crippen LogP contribution in [0.2, 0.25) is 5.02 Å². The maximum absolute atomic E-state index is 5.88. The van der Waals surface area contributed by atoms with Crippen molar-refractivity contribution in [1.29, 1.82) is 0 Å². The smallest absolute Gasteiger partial charge is 0.0955 e. The van der Waals surface area contributed by atoms with Crippen molar-refractivity contribution in [1.82, 2.24) is 9.78 Å². The minimum absolute atomic E-state index is 0.757. The van der Waals surface area contributed by atoms with E-state index >= 15 is 0 Å². The van der Waals surface area contributed by atoms with Gasteiger partial charge in [-0.25, -0.2) is 0 Å². The Balaban J connectivity index is 2.52. The predicted octanol–water partition coefficient (Wildman–Crippen LogP) is 3.61. The summed E-state index contributed by atoms with van der Waals surface area (Å²) in [7, 11) is 1.99. The van der Waals surface area contributed by atoms with Crippen molar-refractivity contribution >= 4 is 11.6 Å². The highest BCUT2D eigenvalue weighted by Crippen LogP contribution is 2.25. The third kappa shape index (κ3) is 1.85. The molecule has 0 N–H and O–H groups in total. The average Bonchev–Trinajstić information content (AvgIpc) is 2.55. The van der Waals surface area contributed by atoms with Gasteiger partial charge in [0.05, 0.1) is 5.69 Å². The summed E-state index contributed by atoms with van der Waals surface area (Å²) >= 11 is 5.88. The molecule has 0 atom stereocenters. The topological polar surface area (TPSA) is 17.8 Å². The van der Waals surface area contributed by atoms with Gasteiger partial charge in [-0.15, -0.1) is 0 Å². The molecule has 0 saturated carbocycles. The molecule has 2 nitrogen and oxygen atoms in total. The third-order valence-electron chi connectivity index (χ3n) is 2.88. The molecule has 2 rings (SSSR count).